The fourth-order valence-corrected chi connectivity index (χ4v) is 1.72. The van der Waals surface area contributed by atoms with Gasteiger partial charge in [-0.1, -0.05) is 0 Å². The average molecular weight is 262 g/mol. The highest BCUT2D eigenvalue weighted by Gasteiger charge is 2.16. The molecule has 0 unspecified atom stereocenters. The highest BCUT2D eigenvalue weighted by Crippen LogP contribution is 2.18. The lowest BCUT2D eigenvalue weighted by molar-refractivity contribution is 0.0515. The van der Waals surface area contributed by atoms with Crippen molar-refractivity contribution >= 4 is 22.8 Å². The van der Waals surface area contributed by atoms with Crippen LogP contribution in [-0.4, -0.2) is 35.3 Å². The van der Waals surface area contributed by atoms with Crippen molar-refractivity contribution in [3.05, 3.63) is 29.5 Å². The molecule has 100 valence electrons. The Morgan fingerprint density at radius 1 is 1.16 bits per heavy atom. The number of hydrogen-bond acceptors (Lipinski definition) is 5. The zero-order valence-corrected chi connectivity index (χ0v) is 10.7. The van der Waals surface area contributed by atoms with Crippen LogP contribution in [0.3, 0.4) is 0 Å². The normalized spacial score (nSPS) is 10.4. The molecular formula is C13H14N2O4. The van der Waals surface area contributed by atoms with Gasteiger partial charge >= 0.3 is 11.9 Å². The minimum absolute atomic E-state index is 0.215. The molecule has 2 aromatic rings. The molecule has 6 heteroatoms. The first-order valence-electron chi connectivity index (χ1n) is 5.99. The standard InChI is InChI=1S/C13H14N2O4/c1-3-18-12(16)8-5-6-9-10(7-8)14-15-11(9)13(17)19-4-2/h5-7H,3-4H2,1-2H3,(H,14,15). The molecule has 0 aliphatic heterocycles. The molecule has 1 aromatic carbocycles. The largest absolute Gasteiger partial charge is 0.462 e. The Kier molecular flexibility index (Phi) is 3.79. The lowest BCUT2D eigenvalue weighted by atomic mass is 10.1. The summed E-state index contributed by atoms with van der Waals surface area (Å²) in [7, 11) is 0. The van der Waals surface area contributed by atoms with Gasteiger partial charge in [0.15, 0.2) is 5.69 Å². The summed E-state index contributed by atoms with van der Waals surface area (Å²) >= 11 is 0. The number of benzene rings is 1. The van der Waals surface area contributed by atoms with Gasteiger partial charge in [0.05, 0.1) is 24.3 Å². The molecule has 6 nitrogen and oxygen atoms in total. The summed E-state index contributed by atoms with van der Waals surface area (Å²) in [4.78, 5) is 23.2. The first-order chi connectivity index (χ1) is 9.17. The lowest BCUT2D eigenvalue weighted by Gasteiger charge is -2.01. The fraction of sp³-hybridized carbons (Fsp3) is 0.308. The van der Waals surface area contributed by atoms with Crippen LogP contribution < -0.4 is 0 Å². The number of carbonyl (C=O) groups excluding carboxylic acids is 2. The number of rotatable bonds is 4. The summed E-state index contributed by atoms with van der Waals surface area (Å²) < 4.78 is 9.80. The van der Waals surface area contributed by atoms with Gasteiger partial charge in [0, 0.05) is 5.39 Å². The Morgan fingerprint density at radius 3 is 2.53 bits per heavy atom. The smallest absolute Gasteiger partial charge is 0.359 e. The third kappa shape index (κ3) is 2.57. The number of nitrogens with zero attached hydrogens (tertiary/aromatic N) is 1. The van der Waals surface area contributed by atoms with Gasteiger partial charge in [-0.2, -0.15) is 5.10 Å². The van der Waals surface area contributed by atoms with Gasteiger partial charge in [0.2, 0.25) is 0 Å². The number of nitrogens with one attached hydrogen (secondary N) is 1. The van der Waals surface area contributed by atoms with Crippen LogP contribution in [0.4, 0.5) is 0 Å². The van der Waals surface area contributed by atoms with E-state index in [9.17, 15) is 9.59 Å². The van der Waals surface area contributed by atoms with Crippen molar-refractivity contribution in [2.75, 3.05) is 13.2 Å². The third-order valence-electron chi connectivity index (χ3n) is 2.54. The Balaban J connectivity index is 2.36. The Bertz CT molecular complexity index is 618. The maximum absolute atomic E-state index is 11.6. The monoisotopic (exact) mass is 262 g/mol. The summed E-state index contributed by atoms with van der Waals surface area (Å²) in [6.07, 6.45) is 0. The second-order valence-corrected chi connectivity index (χ2v) is 3.77. The molecule has 0 spiro atoms. The van der Waals surface area contributed by atoms with E-state index in [-0.39, 0.29) is 12.3 Å². The molecular weight excluding hydrogens is 248 g/mol. The summed E-state index contributed by atoms with van der Waals surface area (Å²) in [5, 5.41) is 7.23. The van der Waals surface area contributed by atoms with E-state index in [1.165, 1.54) is 0 Å². The van der Waals surface area contributed by atoms with Crippen LogP contribution in [-0.2, 0) is 9.47 Å². The summed E-state index contributed by atoms with van der Waals surface area (Å²) in [6.45, 7) is 4.07. The number of ether oxygens (including phenoxy) is 2. The van der Waals surface area contributed by atoms with E-state index in [4.69, 9.17) is 9.47 Å². The molecule has 2 rings (SSSR count). The van der Waals surface area contributed by atoms with Gasteiger partial charge in [-0.25, -0.2) is 9.59 Å². The van der Waals surface area contributed by atoms with Gasteiger partial charge in [-0.05, 0) is 32.0 Å². The van der Waals surface area contributed by atoms with Crippen LogP contribution in [0.5, 0.6) is 0 Å². The second kappa shape index (κ2) is 5.51. The molecule has 0 amide bonds. The molecule has 0 fully saturated rings. The zero-order chi connectivity index (χ0) is 13.8. The Hall–Kier alpha value is -2.37. The first-order valence-corrected chi connectivity index (χ1v) is 5.99. The van der Waals surface area contributed by atoms with Crippen molar-refractivity contribution in [3.8, 4) is 0 Å². The van der Waals surface area contributed by atoms with Crippen molar-refractivity contribution in [1.82, 2.24) is 10.2 Å². The number of aromatic nitrogens is 2. The molecule has 0 saturated carbocycles. The van der Waals surface area contributed by atoms with E-state index in [0.717, 1.165) is 0 Å². The van der Waals surface area contributed by atoms with Crippen molar-refractivity contribution in [1.29, 1.82) is 0 Å². The SMILES string of the molecule is CCOC(=O)c1ccc2c(C(=O)OCC)n[nH]c2c1. The molecule has 1 heterocycles. The molecule has 1 aromatic heterocycles. The van der Waals surface area contributed by atoms with Crippen LogP contribution in [0.2, 0.25) is 0 Å². The minimum Gasteiger partial charge on any atom is -0.462 e. The summed E-state index contributed by atoms with van der Waals surface area (Å²) in [6, 6.07) is 4.85. The third-order valence-corrected chi connectivity index (χ3v) is 2.54. The highest BCUT2D eigenvalue weighted by atomic mass is 16.5. The van der Waals surface area contributed by atoms with Crippen LogP contribution in [0.15, 0.2) is 18.2 Å². The number of H-pyrrole nitrogens is 1. The van der Waals surface area contributed by atoms with Crippen molar-refractivity contribution in [2.45, 2.75) is 13.8 Å². The van der Waals surface area contributed by atoms with Gasteiger partial charge in [-0.3, -0.25) is 5.10 Å². The predicted molar refractivity (Wildman–Crippen MR) is 68.0 cm³/mol. The van der Waals surface area contributed by atoms with Gasteiger partial charge in [-0.15, -0.1) is 0 Å². The Labute approximate surface area is 109 Å². The molecule has 0 saturated heterocycles. The minimum atomic E-state index is -0.488. The van der Waals surface area contributed by atoms with Crippen LogP contribution in [0.1, 0.15) is 34.7 Å². The van der Waals surface area contributed by atoms with Crippen molar-refractivity contribution in [2.24, 2.45) is 0 Å². The average Bonchev–Trinajstić information content (AvgIpc) is 2.82. The molecule has 0 atom stereocenters. The van der Waals surface area contributed by atoms with E-state index in [0.29, 0.717) is 23.1 Å². The van der Waals surface area contributed by atoms with E-state index in [2.05, 4.69) is 10.2 Å². The highest BCUT2D eigenvalue weighted by molar-refractivity contribution is 6.03. The maximum atomic E-state index is 11.6. The van der Waals surface area contributed by atoms with E-state index in [1.807, 2.05) is 0 Å². The van der Waals surface area contributed by atoms with E-state index >= 15 is 0 Å². The second-order valence-electron chi connectivity index (χ2n) is 3.77. The molecule has 0 aliphatic carbocycles. The van der Waals surface area contributed by atoms with Gasteiger partial charge in [0.25, 0.3) is 0 Å². The van der Waals surface area contributed by atoms with Crippen LogP contribution >= 0.6 is 0 Å². The topological polar surface area (TPSA) is 81.3 Å². The molecule has 0 radical (unpaired) electrons. The van der Waals surface area contributed by atoms with E-state index in [1.54, 1.807) is 32.0 Å². The summed E-state index contributed by atoms with van der Waals surface area (Å²) in [5.41, 5.74) is 1.22. The molecule has 19 heavy (non-hydrogen) atoms. The maximum Gasteiger partial charge on any atom is 0.359 e. The number of fused-ring (bicyclic) bond motifs is 1. The van der Waals surface area contributed by atoms with Crippen LogP contribution in [0, 0.1) is 0 Å². The number of carbonyl (C=O) groups is 2. The van der Waals surface area contributed by atoms with E-state index < -0.39 is 11.9 Å². The number of hydrogen-bond donors (Lipinski definition) is 1. The van der Waals surface area contributed by atoms with Gasteiger partial charge < -0.3 is 9.47 Å². The number of esters is 2. The quantitative estimate of drug-likeness (QED) is 0.851. The van der Waals surface area contributed by atoms with Crippen LogP contribution in [0.25, 0.3) is 10.9 Å². The molecule has 0 aliphatic rings. The summed E-state index contributed by atoms with van der Waals surface area (Å²) in [5.74, 6) is -0.894. The zero-order valence-electron chi connectivity index (χ0n) is 10.7. The molecule has 0 bridgehead atoms. The van der Waals surface area contributed by atoms with Crippen molar-refractivity contribution in [3.63, 3.8) is 0 Å². The van der Waals surface area contributed by atoms with Crippen molar-refractivity contribution < 1.29 is 19.1 Å². The first kappa shape index (κ1) is 13.1. The Morgan fingerprint density at radius 2 is 1.84 bits per heavy atom. The number of aromatic amines is 1. The van der Waals surface area contributed by atoms with Gasteiger partial charge in [0.1, 0.15) is 0 Å². The lowest BCUT2D eigenvalue weighted by Crippen LogP contribution is -2.06. The fourth-order valence-electron chi connectivity index (χ4n) is 1.72. The molecule has 1 N–H and O–H groups in total. The predicted octanol–water partition coefficient (Wildman–Crippen LogP) is 1.92.